The molecule has 1 fully saturated rings. The minimum Gasteiger partial charge on any atom is -0.493 e. The Bertz CT molecular complexity index is 1640. The fraction of sp³-hybridized carbons (Fsp3) is 0.372. The number of ketones is 1. The van der Waals surface area contributed by atoms with Crippen LogP contribution in [-0.4, -0.2) is 51.0 Å². The lowest BCUT2D eigenvalue weighted by molar-refractivity contribution is -0.127. The number of nitrogens with one attached hydrogen (secondary N) is 2. The maximum absolute atomic E-state index is 14.2. The molecular weight excluding hydrogens is 640 g/mol. The zero-order valence-electron chi connectivity index (χ0n) is 29.9. The van der Waals surface area contributed by atoms with Gasteiger partial charge in [0.1, 0.15) is 0 Å². The van der Waals surface area contributed by atoms with Crippen molar-refractivity contribution in [2.45, 2.75) is 69.9 Å². The number of aryl methyl sites for hydroxylation is 2. The van der Waals surface area contributed by atoms with E-state index in [0.29, 0.717) is 18.6 Å². The lowest BCUT2D eigenvalue weighted by Gasteiger charge is -2.28. The monoisotopic (exact) mass is 690 g/mol. The number of Topliss-reactive ketones (excluding diaryl/α,β-unsaturated/α-hetero) is 1. The van der Waals surface area contributed by atoms with Crippen molar-refractivity contribution < 1.29 is 28.6 Å². The fourth-order valence-electron chi connectivity index (χ4n) is 7.29. The minimum absolute atomic E-state index is 0.00434. The number of ether oxygens (including phenoxy) is 3. The first-order chi connectivity index (χ1) is 24.9. The van der Waals surface area contributed by atoms with Crippen LogP contribution in [0.3, 0.4) is 0 Å². The normalized spacial score (nSPS) is 16.7. The Kier molecular flexibility index (Phi) is 13.7. The highest BCUT2D eigenvalue weighted by Crippen LogP contribution is 2.39. The van der Waals surface area contributed by atoms with Crippen LogP contribution in [-0.2, 0) is 28.9 Å². The van der Waals surface area contributed by atoms with Crippen LogP contribution < -0.4 is 24.8 Å². The van der Waals surface area contributed by atoms with E-state index < -0.39 is 23.7 Å². The molecule has 4 aromatic carbocycles. The van der Waals surface area contributed by atoms with Crippen LogP contribution in [0.1, 0.15) is 65.6 Å². The smallest absolute Gasteiger partial charge is 0.292 e. The molecule has 0 heterocycles. The average molecular weight is 691 g/mol. The van der Waals surface area contributed by atoms with Crippen molar-refractivity contribution in [3.8, 4) is 17.2 Å². The van der Waals surface area contributed by atoms with Crippen LogP contribution in [0.5, 0.6) is 17.2 Å². The van der Waals surface area contributed by atoms with Crippen molar-refractivity contribution in [2.75, 3.05) is 21.3 Å². The summed E-state index contributed by atoms with van der Waals surface area (Å²) in [4.78, 5) is 41.5. The van der Waals surface area contributed by atoms with Crippen LogP contribution in [0, 0.1) is 11.8 Å². The zero-order chi connectivity index (χ0) is 36.0. The molecule has 4 aromatic rings. The summed E-state index contributed by atoms with van der Waals surface area (Å²) in [5, 5.41) is 6.42. The quantitative estimate of drug-likeness (QED) is 0.0848. The van der Waals surface area contributed by atoms with Crippen LogP contribution in [0.4, 0.5) is 0 Å². The molecule has 0 saturated heterocycles. The highest BCUT2D eigenvalue weighted by molar-refractivity contribution is 6.43. The number of hydrogen-bond acceptors (Lipinski definition) is 6. The maximum atomic E-state index is 14.2. The van der Waals surface area contributed by atoms with Crippen molar-refractivity contribution in [2.24, 2.45) is 11.8 Å². The Hall–Kier alpha value is -5.11. The number of carbonyl (C=O) groups excluding carboxylic acids is 3. The third kappa shape index (κ3) is 10.2. The summed E-state index contributed by atoms with van der Waals surface area (Å²) in [5.41, 5.74) is 3.80. The lowest BCUT2D eigenvalue weighted by Crippen LogP contribution is -2.50. The number of benzene rings is 4. The molecule has 0 aliphatic heterocycles. The minimum atomic E-state index is -0.769. The van der Waals surface area contributed by atoms with Crippen LogP contribution >= 0.6 is 0 Å². The molecule has 2 N–H and O–H groups in total. The molecule has 8 nitrogen and oxygen atoms in total. The van der Waals surface area contributed by atoms with Crippen molar-refractivity contribution in [3.05, 3.63) is 125 Å². The van der Waals surface area contributed by atoms with Gasteiger partial charge in [-0.1, -0.05) is 91.0 Å². The molecule has 2 amide bonds. The molecule has 8 heteroatoms. The number of carbonyl (C=O) groups is 3. The van der Waals surface area contributed by atoms with E-state index in [1.165, 1.54) is 44.6 Å². The summed E-state index contributed by atoms with van der Waals surface area (Å²) < 4.78 is 16.2. The molecule has 3 atom stereocenters. The second-order valence-corrected chi connectivity index (χ2v) is 13.3. The van der Waals surface area contributed by atoms with E-state index in [0.717, 1.165) is 50.5 Å². The Morgan fingerprint density at radius 3 is 1.69 bits per heavy atom. The van der Waals surface area contributed by atoms with E-state index in [9.17, 15) is 14.4 Å². The van der Waals surface area contributed by atoms with E-state index in [-0.39, 0.29) is 34.9 Å². The predicted molar refractivity (Wildman–Crippen MR) is 199 cm³/mol. The van der Waals surface area contributed by atoms with Gasteiger partial charge in [-0.25, -0.2) is 0 Å². The molecule has 1 aliphatic carbocycles. The largest absolute Gasteiger partial charge is 0.493 e. The van der Waals surface area contributed by atoms with E-state index in [1.54, 1.807) is 0 Å². The van der Waals surface area contributed by atoms with Crippen molar-refractivity contribution in [1.29, 1.82) is 0 Å². The zero-order valence-corrected chi connectivity index (χ0v) is 29.9. The number of hydrogen-bond donors (Lipinski definition) is 2. The van der Waals surface area contributed by atoms with Gasteiger partial charge < -0.3 is 24.8 Å². The van der Waals surface area contributed by atoms with Gasteiger partial charge in [-0.15, -0.1) is 0 Å². The summed E-state index contributed by atoms with van der Waals surface area (Å²) in [5.74, 6) is -1.18. The van der Waals surface area contributed by atoms with Gasteiger partial charge in [-0.2, -0.15) is 0 Å². The van der Waals surface area contributed by atoms with Gasteiger partial charge in [0.2, 0.25) is 17.4 Å². The van der Waals surface area contributed by atoms with Gasteiger partial charge in [0, 0.05) is 17.6 Å². The van der Waals surface area contributed by atoms with E-state index in [1.807, 2.05) is 30.3 Å². The summed E-state index contributed by atoms with van der Waals surface area (Å²) >= 11 is 0. The van der Waals surface area contributed by atoms with Crippen molar-refractivity contribution in [1.82, 2.24) is 10.6 Å². The number of amides is 2. The topological polar surface area (TPSA) is 103 Å². The molecule has 0 radical (unpaired) electrons. The Morgan fingerprint density at radius 2 is 1.20 bits per heavy atom. The molecule has 0 unspecified atom stereocenters. The standard InChI is InChI=1S/C43H50N2O6/c1-49-37-28-34(29-38(50-2)41(37)51-3)40(46)43(48)45-39-33(27-32-19-11-6-12-20-32)25-26-36(39)42(47)44-35(23-13-21-30-15-7-4-8-16-30)24-14-22-31-17-9-5-10-18-31/h4-12,15-20,28-29,33,35-36,39H,13-14,21-27H2,1-3H3,(H,44,47)(H,45,48)/t33-,36+,39+/m0/s1. The van der Waals surface area contributed by atoms with Crippen molar-refractivity contribution in [3.63, 3.8) is 0 Å². The summed E-state index contributed by atoms with van der Waals surface area (Å²) in [6, 6.07) is 33.3. The SMILES string of the molecule is COc1cc(C(=O)C(=O)N[C@@H]2[C@H](Cc3ccccc3)CC[C@H]2C(=O)NC(CCCc2ccccc2)CCCc2ccccc2)cc(OC)c1OC. The highest BCUT2D eigenvalue weighted by atomic mass is 16.5. The summed E-state index contributed by atoms with van der Waals surface area (Å²) in [6.07, 6.45) is 7.54. The fourth-order valence-corrected chi connectivity index (χ4v) is 7.29. The van der Waals surface area contributed by atoms with Gasteiger partial charge in [0.25, 0.3) is 5.91 Å². The molecule has 51 heavy (non-hydrogen) atoms. The van der Waals surface area contributed by atoms with Gasteiger partial charge in [0.05, 0.1) is 27.2 Å². The molecule has 0 bridgehead atoms. The van der Waals surface area contributed by atoms with Crippen LogP contribution in [0.15, 0.2) is 103 Å². The Balaban J connectivity index is 1.32. The van der Waals surface area contributed by atoms with Crippen LogP contribution in [0.25, 0.3) is 0 Å². The Morgan fingerprint density at radius 1 is 0.686 bits per heavy atom. The van der Waals surface area contributed by atoms with Gasteiger partial charge in [0.15, 0.2) is 11.5 Å². The van der Waals surface area contributed by atoms with Gasteiger partial charge >= 0.3 is 0 Å². The highest BCUT2D eigenvalue weighted by Gasteiger charge is 2.42. The maximum Gasteiger partial charge on any atom is 0.292 e. The van der Waals surface area contributed by atoms with E-state index in [2.05, 4.69) is 71.3 Å². The molecule has 1 aliphatic rings. The molecule has 0 spiro atoms. The number of methoxy groups -OCH3 is 3. The molecular formula is C43H50N2O6. The first kappa shape index (κ1) is 37.2. The summed E-state index contributed by atoms with van der Waals surface area (Å²) in [6.45, 7) is 0. The average Bonchev–Trinajstić information content (AvgIpc) is 3.56. The lowest BCUT2D eigenvalue weighted by atomic mass is 9.90. The van der Waals surface area contributed by atoms with E-state index in [4.69, 9.17) is 14.2 Å². The van der Waals surface area contributed by atoms with E-state index >= 15 is 0 Å². The first-order valence-corrected chi connectivity index (χ1v) is 18.0. The second-order valence-electron chi connectivity index (χ2n) is 13.3. The van der Waals surface area contributed by atoms with Gasteiger partial charge in [-0.05, 0) is 92.5 Å². The molecule has 268 valence electrons. The number of rotatable bonds is 18. The van der Waals surface area contributed by atoms with Crippen LogP contribution in [0.2, 0.25) is 0 Å². The van der Waals surface area contributed by atoms with Crippen molar-refractivity contribution >= 4 is 17.6 Å². The first-order valence-electron chi connectivity index (χ1n) is 18.0. The Labute approximate surface area is 301 Å². The summed E-state index contributed by atoms with van der Waals surface area (Å²) in [7, 11) is 4.39. The third-order valence-electron chi connectivity index (χ3n) is 9.97. The second kappa shape index (κ2) is 18.8. The molecule has 5 rings (SSSR count). The predicted octanol–water partition coefficient (Wildman–Crippen LogP) is 7.18. The molecule has 0 aromatic heterocycles. The third-order valence-corrected chi connectivity index (χ3v) is 9.97. The van der Waals surface area contributed by atoms with Gasteiger partial charge in [-0.3, -0.25) is 14.4 Å². The molecule has 1 saturated carbocycles.